The van der Waals surface area contributed by atoms with Crippen molar-refractivity contribution in [3.05, 3.63) is 11.3 Å². The molecule has 1 fully saturated rings. The molecule has 0 aliphatic heterocycles. The van der Waals surface area contributed by atoms with Gasteiger partial charge in [-0.2, -0.15) is 0 Å². The molecule has 2 heteroatoms. The summed E-state index contributed by atoms with van der Waals surface area (Å²) in [7, 11) is 1.97. The summed E-state index contributed by atoms with van der Waals surface area (Å²) in [6.07, 6.45) is 3.15. The summed E-state index contributed by atoms with van der Waals surface area (Å²) in [4.78, 5) is 0. The molecule has 2 unspecified atom stereocenters. The van der Waals surface area contributed by atoms with Crippen molar-refractivity contribution in [2.24, 2.45) is 5.92 Å². The predicted molar refractivity (Wildman–Crippen MR) is 44.5 cm³/mol. The summed E-state index contributed by atoms with van der Waals surface area (Å²) in [5.41, 5.74) is 1.46. The Morgan fingerprint density at radius 3 is 2.91 bits per heavy atom. The molecule has 0 aromatic rings. The number of aliphatic hydroxyl groups is 1. The van der Waals surface area contributed by atoms with E-state index in [1.54, 1.807) is 0 Å². The Kier molecular flexibility index (Phi) is 1.31. The fourth-order valence-electron chi connectivity index (χ4n) is 2.04. The van der Waals surface area contributed by atoms with Crippen molar-refractivity contribution in [2.75, 3.05) is 7.05 Å². The first kappa shape index (κ1) is 7.17. The van der Waals surface area contributed by atoms with Gasteiger partial charge in [-0.05, 0) is 38.3 Å². The zero-order valence-electron chi connectivity index (χ0n) is 7.15. The molecule has 0 saturated heterocycles. The van der Waals surface area contributed by atoms with E-state index in [-0.39, 0.29) is 5.54 Å². The van der Waals surface area contributed by atoms with Crippen LogP contribution in [-0.2, 0) is 0 Å². The second kappa shape index (κ2) is 2.01. The van der Waals surface area contributed by atoms with Crippen LogP contribution in [0.15, 0.2) is 11.3 Å². The van der Waals surface area contributed by atoms with Crippen LogP contribution in [0.25, 0.3) is 0 Å². The molecule has 2 nitrogen and oxygen atoms in total. The van der Waals surface area contributed by atoms with Gasteiger partial charge in [0.05, 0.1) is 5.76 Å². The van der Waals surface area contributed by atoms with Crippen molar-refractivity contribution < 1.29 is 5.11 Å². The lowest BCUT2D eigenvalue weighted by Crippen LogP contribution is -2.41. The molecule has 2 aliphatic carbocycles. The summed E-state index contributed by atoms with van der Waals surface area (Å²) in [5, 5.41) is 12.8. The minimum Gasteiger partial charge on any atom is -0.512 e. The SMILES string of the molecule is CNC1(C)CC(O)=C2CC2C1. The third kappa shape index (κ3) is 1.06. The highest BCUT2D eigenvalue weighted by atomic mass is 16.3. The first-order chi connectivity index (χ1) is 5.14. The third-order valence-corrected chi connectivity index (χ3v) is 3.03. The van der Waals surface area contributed by atoms with Gasteiger partial charge < -0.3 is 10.4 Å². The van der Waals surface area contributed by atoms with E-state index in [0.29, 0.717) is 11.7 Å². The molecule has 2 atom stereocenters. The van der Waals surface area contributed by atoms with Crippen LogP contribution in [0.3, 0.4) is 0 Å². The molecule has 2 rings (SSSR count). The van der Waals surface area contributed by atoms with Crippen LogP contribution in [0, 0.1) is 5.92 Å². The molecule has 0 radical (unpaired) electrons. The Hall–Kier alpha value is -0.500. The summed E-state index contributed by atoms with van der Waals surface area (Å²) >= 11 is 0. The Bertz CT molecular complexity index is 222. The van der Waals surface area contributed by atoms with Crippen LogP contribution in [0.4, 0.5) is 0 Å². The van der Waals surface area contributed by atoms with Gasteiger partial charge in [-0.1, -0.05) is 0 Å². The van der Waals surface area contributed by atoms with Gasteiger partial charge in [0.15, 0.2) is 0 Å². The molecule has 0 spiro atoms. The van der Waals surface area contributed by atoms with Gasteiger partial charge in [-0.15, -0.1) is 0 Å². The van der Waals surface area contributed by atoms with Crippen LogP contribution in [0.1, 0.15) is 26.2 Å². The van der Waals surface area contributed by atoms with Crippen LogP contribution in [0.5, 0.6) is 0 Å². The average molecular weight is 153 g/mol. The van der Waals surface area contributed by atoms with Crippen molar-refractivity contribution in [3.8, 4) is 0 Å². The van der Waals surface area contributed by atoms with E-state index in [9.17, 15) is 5.11 Å². The number of allylic oxidation sites excluding steroid dienone is 1. The second-order valence-corrected chi connectivity index (χ2v) is 4.06. The molecule has 11 heavy (non-hydrogen) atoms. The summed E-state index contributed by atoms with van der Waals surface area (Å²) < 4.78 is 0. The maximum atomic E-state index is 9.53. The molecule has 2 aliphatic rings. The van der Waals surface area contributed by atoms with Crippen molar-refractivity contribution >= 4 is 0 Å². The monoisotopic (exact) mass is 153 g/mol. The van der Waals surface area contributed by atoms with Crippen LogP contribution in [-0.4, -0.2) is 17.7 Å². The van der Waals surface area contributed by atoms with E-state index in [0.717, 1.165) is 12.8 Å². The lowest BCUT2D eigenvalue weighted by Gasteiger charge is -2.31. The Morgan fingerprint density at radius 2 is 2.36 bits per heavy atom. The van der Waals surface area contributed by atoms with E-state index < -0.39 is 0 Å². The van der Waals surface area contributed by atoms with Gasteiger partial charge in [0.25, 0.3) is 0 Å². The zero-order valence-corrected chi connectivity index (χ0v) is 7.15. The molecule has 0 aromatic heterocycles. The molecule has 2 N–H and O–H groups in total. The second-order valence-electron chi connectivity index (χ2n) is 4.06. The fourth-order valence-corrected chi connectivity index (χ4v) is 2.04. The fraction of sp³-hybridized carbons (Fsp3) is 0.778. The van der Waals surface area contributed by atoms with E-state index in [4.69, 9.17) is 0 Å². The lowest BCUT2D eigenvalue weighted by molar-refractivity contribution is 0.263. The number of fused-ring (bicyclic) bond motifs is 1. The molecule has 0 heterocycles. The first-order valence-corrected chi connectivity index (χ1v) is 4.24. The van der Waals surface area contributed by atoms with Crippen LogP contribution in [0.2, 0.25) is 0 Å². The maximum absolute atomic E-state index is 9.53. The maximum Gasteiger partial charge on any atom is 0.0936 e. The van der Waals surface area contributed by atoms with E-state index in [2.05, 4.69) is 12.2 Å². The smallest absolute Gasteiger partial charge is 0.0936 e. The number of hydrogen-bond donors (Lipinski definition) is 2. The number of rotatable bonds is 1. The standard InChI is InChI=1S/C9H15NO/c1-9(10-2)4-6-3-7(6)8(11)5-9/h6,10-11H,3-5H2,1-2H3. The third-order valence-electron chi connectivity index (χ3n) is 3.03. The van der Waals surface area contributed by atoms with Crippen LogP contribution < -0.4 is 5.32 Å². The number of nitrogens with one attached hydrogen (secondary N) is 1. The zero-order chi connectivity index (χ0) is 8.06. The Balaban J connectivity index is 2.18. The minimum absolute atomic E-state index is 0.148. The van der Waals surface area contributed by atoms with E-state index in [1.165, 1.54) is 12.0 Å². The molecule has 62 valence electrons. The molecule has 0 amide bonds. The van der Waals surface area contributed by atoms with E-state index >= 15 is 0 Å². The number of aliphatic hydroxyl groups excluding tert-OH is 1. The van der Waals surface area contributed by atoms with Crippen LogP contribution >= 0.6 is 0 Å². The van der Waals surface area contributed by atoms with Gasteiger partial charge in [0.1, 0.15) is 0 Å². The topological polar surface area (TPSA) is 32.3 Å². The largest absolute Gasteiger partial charge is 0.512 e. The quantitative estimate of drug-likeness (QED) is 0.599. The van der Waals surface area contributed by atoms with Gasteiger partial charge in [0, 0.05) is 12.0 Å². The van der Waals surface area contributed by atoms with Gasteiger partial charge >= 0.3 is 0 Å². The van der Waals surface area contributed by atoms with Crippen molar-refractivity contribution in [3.63, 3.8) is 0 Å². The summed E-state index contributed by atoms with van der Waals surface area (Å²) in [6.45, 7) is 2.18. The molecule has 1 saturated carbocycles. The highest BCUT2D eigenvalue weighted by molar-refractivity contribution is 5.32. The van der Waals surface area contributed by atoms with Gasteiger partial charge in [-0.3, -0.25) is 0 Å². The predicted octanol–water partition coefficient (Wildman–Crippen LogP) is 1.59. The first-order valence-electron chi connectivity index (χ1n) is 4.24. The normalized spacial score (nSPS) is 42.2. The highest BCUT2D eigenvalue weighted by Crippen LogP contribution is 2.50. The van der Waals surface area contributed by atoms with Crippen molar-refractivity contribution in [1.29, 1.82) is 0 Å². The molecular formula is C9H15NO. The number of hydrogen-bond acceptors (Lipinski definition) is 2. The average Bonchev–Trinajstić information content (AvgIpc) is 2.67. The Morgan fingerprint density at radius 1 is 1.64 bits per heavy atom. The highest BCUT2D eigenvalue weighted by Gasteiger charge is 2.44. The van der Waals surface area contributed by atoms with Crippen molar-refractivity contribution in [1.82, 2.24) is 5.32 Å². The molecule has 0 bridgehead atoms. The Labute approximate surface area is 67.3 Å². The molecular weight excluding hydrogens is 138 g/mol. The van der Waals surface area contributed by atoms with E-state index in [1.807, 2.05) is 7.05 Å². The lowest BCUT2D eigenvalue weighted by atomic mass is 9.86. The molecule has 0 aromatic carbocycles. The van der Waals surface area contributed by atoms with Crippen molar-refractivity contribution in [2.45, 2.75) is 31.7 Å². The van der Waals surface area contributed by atoms with Gasteiger partial charge in [0.2, 0.25) is 0 Å². The summed E-state index contributed by atoms with van der Waals surface area (Å²) in [6, 6.07) is 0. The minimum atomic E-state index is 0.148. The van der Waals surface area contributed by atoms with Gasteiger partial charge in [-0.25, -0.2) is 0 Å². The summed E-state index contributed by atoms with van der Waals surface area (Å²) in [5.74, 6) is 1.35.